The van der Waals surface area contributed by atoms with Crippen molar-refractivity contribution in [2.45, 2.75) is 31.8 Å². The van der Waals surface area contributed by atoms with Crippen molar-refractivity contribution in [2.75, 3.05) is 6.54 Å². The lowest BCUT2D eigenvalue weighted by Gasteiger charge is -2.29. The number of hydrogen-bond donors (Lipinski definition) is 3. The number of nitrogens with one attached hydrogen (secondary N) is 2. The van der Waals surface area contributed by atoms with E-state index in [2.05, 4.69) is 15.1 Å². The number of hydrogen-bond acceptors (Lipinski definition) is 6. The average Bonchev–Trinajstić information content (AvgIpc) is 2.60. The Hall–Kier alpha value is -1.92. The third kappa shape index (κ3) is 3.40. The second-order valence-corrected chi connectivity index (χ2v) is 5.68. The normalized spacial score (nSPS) is 25.0. The van der Waals surface area contributed by atoms with Crippen molar-refractivity contribution in [1.82, 2.24) is 20.8 Å². The first-order valence-electron chi connectivity index (χ1n) is 6.02. The van der Waals surface area contributed by atoms with Gasteiger partial charge in [0.25, 0.3) is 5.91 Å². The zero-order valence-corrected chi connectivity index (χ0v) is 11.8. The van der Waals surface area contributed by atoms with Gasteiger partial charge in [0.1, 0.15) is 6.04 Å². The quantitative estimate of drug-likeness (QED) is 0.408. The van der Waals surface area contributed by atoms with Crippen molar-refractivity contribution >= 4 is 28.2 Å². The van der Waals surface area contributed by atoms with E-state index in [0.717, 1.165) is 4.90 Å². The summed E-state index contributed by atoms with van der Waals surface area (Å²) in [7, 11) is -4.82. The highest BCUT2D eigenvalue weighted by molar-refractivity contribution is 7.80. The van der Waals surface area contributed by atoms with Gasteiger partial charge in [-0.25, -0.2) is 4.79 Å². The van der Waals surface area contributed by atoms with Crippen molar-refractivity contribution in [3.8, 4) is 0 Å². The molecule has 2 aliphatic heterocycles. The zero-order chi connectivity index (χ0) is 15.8. The van der Waals surface area contributed by atoms with Crippen LogP contribution in [0.3, 0.4) is 0 Å². The Morgan fingerprint density at radius 3 is 2.57 bits per heavy atom. The van der Waals surface area contributed by atoms with Crippen LogP contribution in [0.4, 0.5) is 4.79 Å². The molecule has 2 atom stereocenters. The maximum absolute atomic E-state index is 12.0. The van der Waals surface area contributed by atoms with Gasteiger partial charge in [-0.05, 0) is 12.8 Å². The van der Waals surface area contributed by atoms with Crippen LogP contribution in [0.5, 0.6) is 0 Å². The summed E-state index contributed by atoms with van der Waals surface area (Å²) in [5.41, 5.74) is 4.27. The Morgan fingerprint density at radius 2 is 2.00 bits per heavy atom. The molecule has 2 saturated heterocycles. The number of carbonyl (C=O) groups excluding carboxylic acids is 3. The van der Waals surface area contributed by atoms with Gasteiger partial charge in [0.05, 0.1) is 6.04 Å². The summed E-state index contributed by atoms with van der Waals surface area (Å²) in [6.07, 6.45) is 0.586. The Morgan fingerprint density at radius 1 is 1.33 bits per heavy atom. The fourth-order valence-corrected chi connectivity index (χ4v) is 2.73. The number of amides is 4. The van der Waals surface area contributed by atoms with Gasteiger partial charge < -0.3 is 4.90 Å². The molecule has 0 spiro atoms. The molecule has 1 unspecified atom stereocenters. The summed E-state index contributed by atoms with van der Waals surface area (Å²) in [5.74, 6) is -1.06. The predicted molar refractivity (Wildman–Crippen MR) is 65.3 cm³/mol. The molecule has 2 fully saturated rings. The van der Waals surface area contributed by atoms with E-state index in [4.69, 9.17) is 4.55 Å². The second kappa shape index (κ2) is 5.46. The molecule has 0 aliphatic carbocycles. The number of hydrazine groups is 1. The molecule has 4 amide bonds. The van der Waals surface area contributed by atoms with Crippen LogP contribution in [0.1, 0.15) is 19.8 Å². The molecule has 0 aromatic carbocycles. The van der Waals surface area contributed by atoms with Crippen LogP contribution in [0.25, 0.3) is 0 Å². The topological polar surface area (TPSA) is 145 Å². The third-order valence-electron chi connectivity index (χ3n) is 3.16. The van der Waals surface area contributed by atoms with E-state index >= 15 is 0 Å². The molecule has 12 heteroatoms. The van der Waals surface area contributed by atoms with Gasteiger partial charge in [0.2, 0.25) is 5.91 Å². The maximum atomic E-state index is 12.0. The summed E-state index contributed by atoms with van der Waals surface area (Å²) in [6, 6.07) is -2.25. The molecule has 3 N–H and O–H groups in total. The van der Waals surface area contributed by atoms with Crippen molar-refractivity contribution in [3.63, 3.8) is 0 Å². The van der Waals surface area contributed by atoms with Gasteiger partial charge in [0, 0.05) is 13.5 Å². The van der Waals surface area contributed by atoms with E-state index in [1.54, 1.807) is 0 Å². The average molecular weight is 322 g/mol. The molecule has 0 aromatic heterocycles. The minimum Gasteiger partial charge on any atom is -0.309 e. The van der Waals surface area contributed by atoms with E-state index in [1.807, 2.05) is 0 Å². The van der Waals surface area contributed by atoms with Crippen LogP contribution < -0.4 is 10.9 Å². The smallest absolute Gasteiger partial charge is 0.309 e. The molecular formula is C9H14N4O7S. The molecule has 11 nitrogen and oxygen atoms in total. The molecule has 0 radical (unpaired) electrons. The number of urea groups is 1. The van der Waals surface area contributed by atoms with Gasteiger partial charge in [-0.3, -0.25) is 25.0 Å². The summed E-state index contributed by atoms with van der Waals surface area (Å²) >= 11 is 0. The van der Waals surface area contributed by atoms with Gasteiger partial charge in [-0.1, -0.05) is 0 Å². The lowest BCUT2D eigenvalue weighted by molar-refractivity contribution is -0.131. The molecule has 2 aliphatic rings. The largest absolute Gasteiger partial charge is 0.418 e. The number of hydroxylamine groups is 2. The number of carbonyl (C=O) groups is 3. The second-order valence-electron chi connectivity index (χ2n) is 4.68. The van der Waals surface area contributed by atoms with Crippen LogP contribution in [0.15, 0.2) is 0 Å². The Kier molecular flexibility index (Phi) is 4.02. The van der Waals surface area contributed by atoms with Crippen molar-refractivity contribution < 1.29 is 31.6 Å². The third-order valence-corrected chi connectivity index (χ3v) is 3.51. The van der Waals surface area contributed by atoms with Crippen molar-refractivity contribution in [3.05, 3.63) is 0 Å². The van der Waals surface area contributed by atoms with Crippen molar-refractivity contribution in [1.29, 1.82) is 0 Å². The van der Waals surface area contributed by atoms with E-state index in [0.29, 0.717) is 11.5 Å². The fourth-order valence-electron chi connectivity index (χ4n) is 2.34. The Balaban J connectivity index is 2.06. The Bertz CT molecular complexity index is 577. The predicted octanol–water partition coefficient (Wildman–Crippen LogP) is -1.84. The summed E-state index contributed by atoms with van der Waals surface area (Å²) in [4.78, 5) is 35.7. The molecule has 2 bridgehead atoms. The minimum absolute atomic E-state index is 0.0898. The van der Waals surface area contributed by atoms with E-state index < -0.39 is 40.3 Å². The van der Waals surface area contributed by atoms with Crippen LogP contribution >= 0.6 is 0 Å². The monoisotopic (exact) mass is 322 g/mol. The van der Waals surface area contributed by atoms with E-state index in [9.17, 15) is 22.8 Å². The van der Waals surface area contributed by atoms with E-state index in [1.165, 1.54) is 6.92 Å². The van der Waals surface area contributed by atoms with Gasteiger partial charge >= 0.3 is 16.4 Å². The minimum atomic E-state index is -4.82. The SMILES string of the molecule is CC(=O)NNC(=O)[C@@H]1CCC2CN1C(=O)N2OS(=O)(=O)O. The van der Waals surface area contributed by atoms with Crippen LogP contribution in [0.2, 0.25) is 0 Å². The summed E-state index contributed by atoms with van der Waals surface area (Å²) < 4.78 is 34.3. The lowest BCUT2D eigenvalue weighted by atomic mass is 10.0. The van der Waals surface area contributed by atoms with Crippen LogP contribution in [-0.4, -0.2) is 59.4 Å². The standard InChI is InChI=1S/C9H14N4O7S/c1-5(14)10-11-8(15)7-3-2-6-4-12(7)9(16)13(6)20-21(17,18)19/h6-7H,2-4H2,1H3,(H,10,14)(H,11,15)(H,17,18,19)/t6?,7-/m0/s1. The maximum Gasteiger partial charge on any atom is 0.418 e. The molecule has 0 aromatic rings. The molecule has 118 valence electrons. The van der Waals surface area contributed by atoms with Crippen molar-refractivity contribution in [2.24, 2.45) is 0 Å². The van der Waals surface area contributed by atoms with Gasteiger partial charge in [-0.15, -0.1) is 4.28 Å². The van der Waals surface area contributed by atoms with Gasteiger partial charge in [0.15, 0.2) is 0 Å². The first kappa shape index (κ1) is 15.5. The molecule has 2 heterocycles. The Labute approximate surface area is 120 Å². The highest BCUT2D eigenvalue weighted by atomic mass is 32.3. The fraction of sp³-hybridized carbons (Fsp3) is 0.667. The number of piperidine rings is 1. The number of fused-ring (bicyclic) bond motifs is 2. The highest BCUT2D eigenvalue weighted by Gasteiger charge is 2.49. The summed E-state index contributed by atoms with van der Waals surface area (Å²) in [5, 5.41) is 0.543. The molecule has 2 rings (SSSR count). The molecular weight excluding hydrogens is 308 g/mol. The number of rotatable bonds is 3. The first-order valence-corrected chi connectivity index (χ1v) is 7.39. The molecule has 21 heavy (non-hydrogen) atoms. The zero-order valence-electron chi connectivity index (χ0n) is 11.0. The van der Waals surface area contributed by atoms with Crippen LogP contribution in [-0.2, 0) is 24.3 Å². The summed E-state index contributed by atoms with van der Waals surface area (Å²) in [6.45, 7) is 1.30. The number of nitrogens with zero attached hydrogens (tertiary/aromatic N) is 2. The molecule has 0 saturated carbocycles. The first-order chi connectivity index (χ1) is 9.69. The van der Waals surface area contributed by atoms with Crippen LogP contribution in [0, 0.1) is 0 Å². The van der Waals surface area contributed by atoms with Gasteiger partial charge in [-0.2, -0.15) is 13.5 Å². The highest BCUT2D eigenvalue weighted by Crippen LogP contribution is 2.30. The van der Waals surface area contributed by atoms with E-state index in [-0.39, 0.29) is 13.0 Å². The lowest BCUT2D eigenvalue weighted by Crippen LogP contribution is -2.53.